The summed E-state index contributed by atoms with van der Waals surface area (Å²) in [6.45, 7) is 2.30. The number of carbonyl (C=O) groups excluding carboxylic acids is 1. The van der Waals surface area contributed by atoms with Crippen LogP contribution in [-0.2, 0) is 11.3 Å². The molecule has 110 valence electrons. The summed E-state index contributed by atoms with van der Waals surface area (Å²) < 4.78 is 1.51. The minimum atomic E-state index is -0.392. The minimum absolute atomic E-state index is 0.0697. The minimum Gasteiger partial charge on any atom is -0.395 e. The van der Waals surface area contributed by atoms with Crippen LogP contribution in [0.25, 0.3) is 0 Å². The zero-order valence-electron chi connectivity index (χ0n) is 11.6. The molecular formula is C14H16N4O2S. The number of aliphatic hydroxyl groups excluding tert-OH is 1. The van der Waals surface area contributed by atoms with Crippen LogP contribution in [0.5, 0.6) is 0 Å². The van der Waals surface area contributed by atoms with Crippen molar-refractivity contribution in [2.75, 3.05) is 6.61 Å². The van der Waals surface area contributed by atoms with E-state index in [-0.39, 0.29) is 12.5 Å². The van der Waals surface area contributed by atoms with Crippen LogP contribution in [0.15, 0.2) is 24.1 Å². The van der Waals surface area contributed by atoms with E-state index in [9.17, 15) is 4.79 Å². The van der Waals surface area contributed by atoms with Crippen molar-refractivity contribution in [3.8, 4) is 11.8 Å². The van der Waals surface area contributed by atoms with Crippen LogP contribution in [0.1, 0.15) is 29.8 Å². The van der Waals surface area contributed by atoms with Crippen molar-refractivity contribution in [1.82, 2.24) is 20.1 Å². The molecule has 0 aromatic carbocycles. The van der Waals surface area contributed by atoms with Crippen molar-refractivity contribution < 1.29 is 9.90 Å². The summed E-state index contributed by atoms with van der Waals surface area (Å²) >= 11 is 1.54. The Labute approximate surface area is 126 Å². The Balaban J connectivity index is 1.86. The van der Waals surface area contributed by atoms with E-state index >= 15 is 0 Å². The summed E-state index contributed by atoms with van der Waals surface area (Å²) in [6.07, 6.45) is 3.39. The number of thiophene rings is 1. The molecule has 0 radical (unpaired) electrons. The summed E-state index contributed by atoms with van der Waals surface area (Å²) in [5, 5.41) is 17.4. The first kappa shape index (κ1) is 15.2. The van der Waals surface area contributed by atoms with Gasteiger partial charge in [0.05, 0.1) is 13.2 Å². The third-order valence-corrected chi connectivity index (χ3v) is 3.71. The molecule has 0 spiro atoms. The lowest BCUT2D eigenvalue weighted by atomic mass is 10.3. The second-order valence-electron chi connectivity index (χ2n) is 4.35. The number of aliphatic hydroxyl groups is 1. The summed E-state index contributed by atoms with van der Waals surface area (Å²) in [7, 11) is 0. The van der Waals surface area contributed by atoms with Crippen LogP contribution in [0, 0.1) is 11.8 Å². The molecule has 0 bridgehead atoms. The SMILES string of the molecule is CC(C(=O)NCc1cc(C#CCCO)cs1)n1cncn1. The third-order valence-electron chi connectivity index (χ3n) is 2.77. The van der Waals surface area contributed by atoms with Crippen molar-refractivity contribution in [3.63, 3.8) is 0 Å². The number of nitrogens with zero attached hydrogens (tertiary/aromatic N) is 3. The average Bonchev–Trinajstić information content (AvgIpc) is 3.16. The van der Waals surface area contributed by atoms with Crippen molar-refractivity contribution in [2.24, 2.45) is 0 Å². The Morgan fingerprint density at radius 2 is 2.48 bits per heavy atom. The fraction of sp³-hybridized carbons (Fsp3) is 0.357. The second kappa shape index (κ2) is 7.57. The molecular weight excluding hydrogens is 288 g/mol. The van der Waals surface area contributed by atoms with E-state index in [0.717, 1.165) is 10.4 Å². The predicted molar refractivity (Wildman–Crippen MR) is 79.5 cm³/mol. The van der Waals surface area contributed by atoms with E-state index in [4.69, 9.17) is 5.11 Å². The fourth-order valence-electron chi connectivity index (χ4n) is 1.62. The molecule has 2 rings (SSSR count). The smallest absolute Gasteiger partial charge is 0.244 e. The molecule has 2 N–H and O–H groups in total. The lowest BCUT2D eigenvalue weighted by Gasteiger charge is -2.11. The van der Waals surface area contributed by atoms with Gasteiger partial charge in [-0.2, -0.15) is 5.10 Å². The molecule has 1 atom stereocenters. The van der Waals surface area contributed by atoms with Crippen molar-refractivity contribution >= 4 is 17.2 Å². The number of amides is 1. The molecule has 7 heteroatoms. The molecule has 1 unspecified atom stereocenters. The van der Waals surface area contributed by atoms with Crippen molar-refractivity contribution in [1.29, 1.82) is 0 Å². The number of hydrogen-bond donors (Lipinski definition) is 2. The van der Waals surface area contributed by atoms with E-state index in [2.05, 4.69) is 27.2 Å². The molecule has 0 aliphatic carbocycles. The van der Waals surface area contributed by atoms with Gasteiger partial charge in [-0.1, -0.05) is 11.8 Å². The first-order chi connectivity index (χ1) is 10.2. The van der Waals surface area contributed by atoms with Gasteiger partial charge in [0, 0.05) is 22.2 Å². The van der Waals surface area contributed by atoms with Crippen LogP contribution in [0.2, 0.25) is 0 Å². The monoisotopic (exact) mass is 304 g/mol. The van der Waals surface area contributed by atoms with Gasteiger partial charge in [-0.05, 0) is 13.0 Å². The van der Waals surface area contributed by atoms with Gasteiger partial charge in [0.15, 0.2) is 0 Å². The van der Waals surface area contributed by atoms with Gasteiger partial charge < -0.3 is 10.4 Å². The molecule has 0 aliphatic heterocycles. The molecule has 0 aliphatic rings. The van der Waals surface area contributed by atoms with Crippen molar-refractivity contribution in [2.45, 2.75) is 25.9 Å². The van der Waals surface area contributed by atoms with Gasteiger partial charge in [-0.25, -0.2) is 9.67 Å². The molecule has 6 nitrogen and oxygen atoms in total. The Kier molecular flexibility index (Phi) is 5.49. The topological polar surface area (TPSA) is 80.0 Å². The maximum Gasteiger partial charge on any atom is 0.244 e. The van der Waals surface area contributed by atoms with Gasteiger partial charge >= 0.3 is 0 Å². The molecule has 21 heavy (non-hydrogen) atoms. The maximum absolute atomic E-state index is 12.0. The molecule has 0 saturated heterocycles. The molecule has 2 heterocycles. The number of aromatic nitrogens is 3. The number of carbonyl (C=O) groups is 1. The van der Waals surface area contributed by atoms with Crippen LogP contribution in [0.3, 0.4) is 0 Å². The lowest BCUT2D eigenvalue weighted by Crippen LogP contribution is -2.30. The summed E-state index contributed by atoms with van der Waals surface area (Å²) in [6, 6.07) is 1.55. The van der Waals surface area contributed by atoms with E-state index in [1.807, 2.05) is 11.4 Å². The van der Waals surface area contributed by atoms with Gasteiger partial charge in [-0.15, -0.1) is 11.3 Å². The van der Waals surface area contributed by atoms with E-state index < -0.39 is 6.04 Å². The zero-order chi connectivity index (χ0) is 15.1. The third kappa shape index (κ3) is 4.41. The van der Waals surface area contributed by atoms with Gasteiger partial charge in [0.1, 0.15) is 18.7 Å². The maximum atomic E-state index is 12.0. The van der Waals surface area contributed by atoms with Gasteiger partial charge in [-0.3, -0.25) is 4.79 Å². The predicted octanol–water partition coefficient (Wildman–Crippen LogP) is 0.951. The number of nitrogens with one attached hydrogen (secondary N) is 1. The normalized spacial score (nSPS) is 11.5. The van der Waals surface area contributed by atoms with E-state index in [1.54, 1.807) is 18.3 Å². The molecule has 2 aromatic heterocycles. The van der Waals surface area contributed by atoms with Gasteiger partial charge in [0.25, 0.3) is 0 Å². The molecule has 2 aromatic rings. The largest absolute Gasteiger partial charge is 0.395 e. The molecule has 0 saturated carbocycles. The highest BCUT2D eigenvalue weighted by molar-refractivity contribution is 7.10. The first-order valence-corrected chi connectivity index (χ1v) is 7.37. The highest BCUT2D eigenvalue weighted by atomic mass is 32.1. The van der Waals surface area contributed by atoms with Gasteiger partial charge in [0.2, 0.25) is 5.91 Å². The second-order valence-corrected chi connectivity index (χ2v) is 5.34. The van der Waals surface area contributed by atoms with E-state index in [0.29, 0.717) is 13.0 Å². The highest BCUT2D eigenvalue weighted by Crippen LogP contribution is 2.14. The van der Waals surface area contributed by atoms with Crippen LogP contribution >= 0.6 is 11.3 Å². The van der Waals surface area contributed by atoms with E-state index in [1.165, 1.54) is 17.3 Å². The summed E-state index contributed by atoms with van der Waals surface area (Å²) in [5.41, 5.74) is 0.905. The Morgan fingerprint density at radius 3 is 3.19 bits per heavy atom. The van der Waals surface area contributed by atoms with Crippen LogP contribution in [-0.4, -0.2) is 32.4 Å². The lowest BCUT2D eigenvalue weighted by molar-refractivity contribution is -0.124. The van der Waals surface area contributed by atoms with Crippen LogP contribution < -0.4 is 5.32 Å². The first-order valence-electron chi connectivity index (χ1n) is 6.49. The zero-order valence-corrected chi connectivity index (χ0v) is 12.4. The Bertz CT molecular complexity index is 639. The number of rotatable bonds is 5. The average molecular weight is 304 g/mol. The molecule has 0 fully saturated rings. The Morgan fingerprint density at radius 1 is 1.62 bits per heavy atom. The standard InChI is InChI=1S/C14H16N4O2S/c1-11(18-10-15-9-17-18)14(20)16-7-13-6-12(8-21-13)4-2-3-5-19/h6,8-11,19H,3,5,7H2,1H3,(H,16,20). The Hall–Kier alpha value is -2.17. The highest BCUT2D eigenvalue weighted by Gasteiger charge is 2.14. The van der Waals surface area contributed by atoms with Crippen molar-refractivity contribution in [3.05, 3.63) is 34.5 Å². The number of hydrogen-bond acceptors (Lipinski definition) is 5. The summed E-state index contributed by atoms with van der Waals surface area (Å²) in [5.74, 6) is 5.72. The quantitative estimate of drug-likeness (QED) is 0.806. The van der Waals surface area contributed by atoms with Crippen LogP contribution in [0.4, 0.5) is 0 Å². The fourth-order valence-corrected chi connectivity index (χ4v) is 2.37. The summed E-state index contributed by atoms with van der Waals surface area (Å²) in [4.78, 5) is 16.8. The molecule has 1 amide bonds.